The van der Waals surface area contributed by atoms with Gasteiger partial charge in [-0.2, -0.15) is 0 Å². The zero-order valence-corrected chi connectivity index (χ0v) is 8.87. The molecule has 0 amide bonds. The summed E-state index contributed by atoms with van der Waals surface area (Å²) in [4.78, 5) is 9.30. The molecule has 3 rings (SSSR count). The lowest BCUT2D eigenvalue weighted by Gasteiger charge is -2.43. The first-order valence-electron chi connectivity index (χ1n) is 5.16. The summed E-state index contributed by atoms with van der Waals surface area (Å²) in [6, 6.07) is 4.45. The van der Waals surface area contributed by atoms with Crippen molar-refractivity contribution in [2.24, 2.45) is 0 Å². The van der Waals surface area contributed by atoms with E-state index in [9.17, 15) is 9.50 Å². The molecule has 0 saturated carbocycles. The van der Waals surface area contributed by atoms with Crippen molar-refractivity contribution in [3.05, 3.63) is 24.0 Å². The van der Waals surface area contributed by atoms with E-state index in [4.69, 9.17) is 0 Å². The number of β-amino-alcohol motifs (C(OH)–C–C–N with tert-alkyl or cyclic N) is 1. The minimum absolute atomic E-state index is 0.279. The van der Waals surface area contributed by atoms with Gasteiger partial charge >= 0.3 is 0 Å². The second-order valence-corrected chi connectivity index (χ2v) is 4.57. The number of aromatic amines is 1. The average Bonchev–Trinajstić information content (AvgIpc) is 2.56. The highest BCUT2D eigenvalue weighted by molar-refractivity contribution is 5.77. The van der Waals surface area contributed by atoms with Gasteiger partial charge in [0.05, 0.1) is 29.7 Å². The Morgan fingerprint density at radius 1 is 1.50 bits per heavy atom. The number of aromatic nitrogens is 2. The third-order valence-corrected chi connectivity index (χ3v) is 2.79. The van der Waals surface area contributed by atoms with Crippen LogP contribution < -0.4 is 4.90 Å². The number of nitrogens with one attached hydrogen (secondary N) is 1. The first-order valence-corrected chi connectivity index (χ1v) is 5.16. The minimum atomic E-state index is -0.635. The number of rotatable bonds is 1. The van der Waals surface area contributed by atoms with Crippen LogP contribution in [-0.2, 0) is 0 Å². The second kappa shape index (κ2) is 2.95. The van der Waals surface area contributed by atoms with Gasteiger partial charge in [0, 0.05) is 0 Å². The third-order valence-electron chi connectivity index (χ3n) is 2.79. The Labute approximate surface area is 91.7 Å². The Morgan fingerprint density at radius 2 is 2.25 bits per heavy atom. The lowest BCUT2D eigenvalue weighted by molar-refractivity contribution is 0.0301. The van der Waals surface area contributed by atoms with Crippen LogP contribution in [0, 0.1) is 5.82 Å². The highest BCUT2D eigenvalue weighted by Crippen LogP contribution is 2.26. The van der Waals surface area contributed by atoms with E-state index < -0.39 is 5.60 Å². The number of H-pyrrole nitrogens is 1. The highest BCUT2D eigenvalue weighted by atomic mass is 19.1. The molecule has 1 aliphatic rings. The van der Waals surface area contributed by atoms with Crippen molar-refractivity contribution in [2.45, 2.75) is 12.5 Å². The standard InChI is InChI=1S/C11H12FN3O/c1-11(16)5-15(6-11)10-13-8-3-2-7(12)4-9(8)14-10/h2-4,16H,5-6H2,1H3,(H,13,14). The molecular weight excluding hydrogens is 209 g/mol. The lowest BCUT2D eigenvalue weighted by atomic mass is 9.98. The fraction of sp³-hybridized carbons (Fsp3) is 0.364. The number of benzene rings is 1. The fourth-order valence-electron chi connectivity index (χ4n) is 2.04. The summed E-state index contributed by atoms with van der Waals surface area (Å²) in [5.41, 5.74) is 0.786. The number of halogens is 1. The van der Waals surface area contributed by atoms with E-state index in [1.165, 1.54) is 12.1 Å². The molecule has 16 heavy (non-hydrogen) atoms. The van der Waals surface area contributed by atoms with E-state index in [-0.39, 0.29) is 5.82 Å². The monoisotopic (exact) mass is 221 g/mol. The van der Waals surface area contributed by atoms with E-state index in [2.05, 4.69) is 9.97 Å². The molecular formula is C11H12FN3O. The van der Waals surface area contributed by atoms with Gasteiger partial charge in [-0.1, -0.05) is 0 Å². The maximum Gasteiger partial charge on any atom is 0.204 e. The second-order valence-electron chi connectivity index (χ2n) is 4.57. The molecule has 0 radical (unpaired) electrons. The number of hydrogen-bond donors (Lipinski definition) is 2. The van der Waals surface area contributed by atoms with Gasteiger partial charge in [0.2, 0.25) is 5.95 Å². The van der Waals surface area contributed by atoms with Crippen molar-refractivity contribution >= 4 is 17.0 Å². The van der Waals surface area contributed by atoms with Crippen LogP contribution in [0.4, 0.5) is 10.3 Å². The first-order chi connectivity index (χ1) is 7.53. The van der Waals surface area contributed by atoms with Crippen molar-refractivity contribution in [3.63, 3.8) is 0 Å². The van der Waals surface area contributed by atoms with Crippen molar-refractivity contribution < 1.29 is 9.50 Å². The van der Waals surface area contributed by atoms with E-state index in [0.29, 0.717) is 24.6 Å². The molecule has 0 aliphatic carbocycles. The van der Waals surface area contributed by atoms with Crippen molar-refractivity contribution in [1.29, 1.82) is 0 Å². The van der Waals surface area contributed by atoms with Gasteiger partial charge < -0.3 is 15.0 Å². The molecule has 2 N–H and O–H groups in total. The summed E-state index contributed by atoms with van der Waals surface area (Å²) >= 11 is 0. The molecule has 2 heterocycles. The summed E-state index contributed by atoms with van der Waals surface area (Å²) in [5, 5.41) is 9.62. The van der Waals surface area contributed by atoms with E-state index in [0.717, 1.165) is 5.52 Å². The van der Waals surface area contributed by atoms with E-state index >= 15 is 0 Å². The van der Waals surface area contributed by atoms with Crippen LogP contribution in [-0.4, -0.2) is 33.8 Å². The number of imidazole rings is 1. The molecule has 0 spiro atoms. The molecule has 1 aliphatic heterocycles. The van der Waals surface area contributed by atoms with Crippen LogP contribution in [0.2, 0.25) is 0 Å². The summed E-state index contributed by atoms with van der Waals surface area (Å²) in [6.45, 7) is 2.89. The number of hydrogen-bond acceptors (Lipinski definition) is 3. The molecule has 1 aromatic heterocycles. The van der Waals surface area contributed by atoms with Gasteiger partial charge in [-0.3, -0.25) is 0 Å². The summed E-state index contributed by atoms with van der Waals surface area (Å²) in [6.07, 6.45) is 0. The fourth-order valence-corrected chi connectivity index (χ4v) is 2.04. The lowest BCUT2D eigenvalue weighted by Crippen LogP contribution is -2.60. The first kappa shape index (κ1) is 9.59. The maximum absolute atomic E-state index is 13.0. The predicted molar refractivity (Wildman–Crippen MR) is 58.9 cm³/mol. The molecule has 1 aromatic carbocycles. The van der Waals surface area contributed by atoms with Gasteiger partial charge in [0.25, 0.3) is 0 Å². The maximum atomic E-state index is 13.0. The van der Waals surface area contributed by atoms with Gasteiger partial charge in [-0.25, -0.2) is 9.37 Å². The zero-order valence-electron chi connectivity index (χ0n) is 8.87. The molecule has 2 aromatic rings. The van der Waals surface area contributed by atoms with Gasteiger partial charge in [-0.05, 0) is 25.1 Å². The summed E-state index contributed by atoms with van der Waals surface area (Å²) in [7, 11) is 0. The smallest absolute Gasteiger partial charge is 0.204 e. The van der Waals surface area contributed by atoms with Crippen LogP contribution in [0.5, 0.6) is 0 Å². The highest BCUT2D eigenvalue weighted by Gasteiger charge is 2.37. The Balaban J connectivity index is 1.95. The van der Waals surface area contributed by atoms with E-state index in [1.54, 1.807) is 13.0 Å². The topological polar surface area (TPSA) is 52.1 Å². The molecule has 0 atom stereocenters. The number of fused-ring (bicyclic) bond motifs is 1. The van der Waals surface area contributed by atoms with E-state index in [1.807, 2.05) is 4.90 Å². The molecule has 1 fully saturated rings. The van der Waals surface area contributed by atoms with Crippen molar-refractivity contribution in [1.82, 2.24) is 9.97 Å². The Morgan fingerprint density at radius 3 is 2.94 bits per heavy atom. The van der Waals surface area contributed by atoms with Crippen LogP contribution in [0.25, 0.3) is 11.0 Å². The molecule has 1 saturated heterocycles. The minimum Gasteiger partial charge on any atom is -0.386 e. The van der Waals surface area contributed by atoms with Crippen molar-refractivity contribution in [2.75, 3.05) is 18.0 Å². The zero-order chi connectivity index (χ0) is 11.3. The average molecular weight is 221 g/mol. The van der Waals surface area contributed by atoms with Crippen LogP contribution in [0.3, 0.4) is 0 Å². The Hall–Kier alpha value is -1.62. The number of aliphatic hydroxyl groups is 1. The molecule has 4 nitrogen and oxygen atoms in total. The van der Waals surface area contributed by atoms with Crippen molar-refractivity contribution in [3.8, 4) is 0 Å². The van der Waals surface area contributed by atoms with Gasteiger partial charge in [-0.15, -0.1) is 0 Å². The summed E-state index contributed by atoms with van der Waals surface area (Å²) < 4.78 is 13.0. The van der Waals surface area contributed by atoms with Gasteiger partial charge in [0.15, 0.2) is 0 Å². The molecule has 5 heteroatoms. The SMILES string of the molecule is CC1(O)CN(c2nc3ccc(F)cc3[nH]2)C1. The largest absolute Gasteiger partial charge is 0.386 e. The molecule has 0 unspecified atom stereocenters. The number of nitrogens with zero attached hydrogens (tertiary/aromatic N) is 2. The quantitative estimate of drug-likeness (QED) is 0.762. The Bertz CT molecular complexity index is 541. The summed E-state index contributed by atoms with van der Waals surface area (Å²) in [5.74, 6) is 0.408. The van der Waals surface area contributed by atoms with Crippen LogP contribution in [0.15, 0.2) is 18.2 Å². The molecule has 0 bridgehead atoms. The third kappa shape index (κ3) is 1.44. The van der Waals surface area contributed by atoms with Crippen LogP contribution in [0.1, 0.15) is 6.92 Å². The number of anilines is 1. The normalized spacial score (nSPS) is 18.8. The Kier molecular flexibility index (Phi) is 1.77. The predicted octanol–water partition coefficient (Wildman–Crippen LogP) is 1.27. The molecule has 84 valence electrons. The van der Waals surface area contributed by atoms with Gasteiger partial charge in [0.1, 0.15) is 5.82 Å². The van der Waals surface area contributed by atoms with Crippen LogP contribution >= 0.6 is 0 Å².